The zero-order valence-corrected chi connectivity index (χ0v) is 13.2. The molecule has 0 aliphatic heterocycles. The SMILES string of the molecule is CN(C)c1ccc(CCNC(=O)c2ccccc2[N+](=O)[O-])cc1. The number of rotatable bonds is 6. The van der Waals surface area contributed by atoms with Crippen molar-refractivity contribution in [3.8, 4) is 0 Å². The van der Waals surface area contributed by atoms with Gasteiger partial charge in [-0.3, -0.25) is 14.9 Å². The van der Waals surface area contributed by atoms with Gasteiger partial charge in [-0.2, -0.15) is 0 Å². The number of hydrogen-bond acceptors (Lipinski definition) is 4. The van der Waals surface area contributed by atoms with Crippen molar-refractivity contribution < 1.29 is 9.72 Å². The van der Waals surface area contributed by atoms with Gasteiger partial charge in [-0.1, -0.05) is 24.3 Å². The highest BCUT2D eigenvalue weighted by atomic mass is 16.6. The van der Waals surface area contributed by atoms with Crippen molar-refractivity contribution in [3.63, 3.8) is 0 Å². The van der Waals surface area contributed by atoms with Crippen LogP contribution in [0.1, 0.15) is 15.9 Å². The molecular weight excluding hydrogens is 294 g/mol. The van der Waals surface area contributed by atoms with E-state index < -0.39 is 10.8 Å². The molecule has 0 spiro atoms. The van der Waals surface area contributed by atoms with Gasteiger partial charge < -0.3 is 10.2 Å². The van der Waals surface area contributed by atoms with E-state index in [-0.39, 0.29) is 11.3 Å². The van der Waals surface area contributed by atoms with Crippen LogP contribution in [0.3, 0.4) is 0 Å². The number of nitro benzene ring substituents is 1. The Morgan fingerprint density at radius 3 is 2.39 bits per heavy atom. The highest BCUT2D eigenvalue weighted by Gasteiger charge is 2.18. The van der Waals surface area contributed by atoms with Crippen molar-refractivity contribution >= 4 is 17.3 Å². The van der Waals surface area contributed by atoms with Crippen LogP contribution < -0.4 is 10.2 Å². The van der Waals surface area contributed by atoms with E-state index in [0.717, 1.165) is 11.3 Å². The second-order valence-corrected chi connectivity index (χ2v) is 5.34. The second kappa shape index (κ2) is 7.40. The normalized spacial score (nSPS) is 10.2. The molecule has 0 heterocycles. The lowest BCUT2D eigenvalue weighted by Crippen LogP contribution is -2.26. The number of benzene rings is 2. The fourth-order valence-electron chi connectivity index (χ4n) is 2.20. The van der Waals surface area contributed by atoms with Crippen LogP contribution in [0.5, 0.6) is 0 Å². The molecule has 0 bridgehead atoms. The Kier molecular flexibility index (Phi) is 5.30. The first kappa shape index (κ1) is 16.5. The summed E-state index contributed by atoms with van der Waals surface area (Å²) in [4.78, 5) is 24.5. The maximum Gasteiger partial charge on any atom is 0.282 e. The van der Waals surface area contributed by atoms with E-state index >= 15 is 0 Å². The average molecular weight is 313 g/mol. The van der Waals surface area contributed by atoms with E-state index in [1.807, 2.05) is 43.3 Å². The van der Waals surface area contributed by atoms with E-state index in [0.29, 0.717) is 13.0 Å². The molecule has 6 nitrogen and oxygen atoms in total. The minimum atomic E-state index is -0.547. The maximum atomic E-state index is 12.1. The molecule has 2 rings (SSSR count). The predicted octanol–water partition coefficient (Wildman–Crippen LogP) is 2.63. The van der Waals surface area contributed by atoms with Crippen LogP contribution in [-0.4, -0.2) is 31.5 Å². The quantitative estimate of drug-likeness (QED) is 0.657. The van der Waals surface area contributed by atoms with Gasteiger partial charge in [-0.25, -0.2) is 0 Å². The number of nitrogens with one attached hydrogen (secondary N) is 1. The number of amides is 1. The van der Waals surface area contributed by atoms with Crippen molar-refractivity contribution in [2.45, 2.75) is 6.42 Å². The summed E-state index contributed by atoms with van der Waals surface area (Å²) >= 11 is 0. The topological polar surface area (TPSA) is 75.5 Å². The Labute approximate surface area is 134 Å². The van der Waals surface area contributed by atoms with E-state index in [4.69, 9.17) is 0 Å². The molecule has 1 N–H and O–H groups in total. The number of carbonyl (C=O) groups excluding carboxylic acids is 1. The Morgan fingerprint density at radius 1 is 1.13 bits per heavy atom. The summed E-state index contributed by atoms with van der Waals surface area (Å²) in [5.74, 6) is -0.429. The van der Waals surface area contributed by atoms with E-state index in [9.17, 15) is 14.9 Å². The highest BCUT2D eigenvalue weighted by Crippen LogP contribution is 2.17. The van der Waals surface area contributed by atoms with Crippen LogP contribution in [0.15, 0.2) is 48.5 Å². The largest absolute Gasteiger partial charge is 0.378 e. The molecule has 0 radical (unpaired) electrons. The standard InChI is InChI=1S/C17H19N3O3/c1-19(2)14-9-7-13(8-10-14)11-12-18-17(21)15-5-3-4-6-16(15)20(22)23/h3-10H,11-12H2,1-2H3,(H,18,21). The van der Waals surface area contributed by atoms with Crippen LogP contribution in [0.4, 0.5) is 11.4 Å². The van der Waals surface area contributed by atoms with Crippen LogP contribution in [-0.2, 0) is 6.42 Å². The summed E-state index contributed by atoms with van der Waals surface area (Å²) in [6.07, 6.45) is 0.667. The first-order valence-electron chi connectivity index (χ1n) is 7.27. The van der Waals surface area contributed by atoms with Crippen molar-refractivity contribution in [3.05, 3.63) is 69.8 Å². The summed E-state index contributed by atoms with van der Waals surface area (Å²) in [5.41, 5.74) is 2.11. The molecule has 0 saturated carbocycles. The monoisotopic (exact) mass is 313 g/mol. The van der Waals surface area contributed by atoms with Crippen LogP contribution in [0, 0.1) is 10.1 Å². The lowest BCUT2D eigenvalue weighted by molar-refractivity contribution is -0.385. The molecule has 120 valence electrons. The van der Waals surface area contributed by atoms with Gasteiger partial charge in [0.2, 0.25) is 0 Å². The van der Waals surface area contributed by atoms with Crippen LogP contribution >= 0.6 is 0 Å². The molecule has 6 heteroatoms. The van der Waals surface area contributed by atoms with Crippen molar-refractivity contribution in [2.75, 3.05) is 25.5 Å². The highest BCUT2D eigenvalue weighted by molar-refractivity contribution is 5.98. The van der Waals surface area contributed by atoms with Crippen LogP contribution in [0.25, 0.3) is 0 Å². The van der Waals surface area contributed by atoms with Gasteiger partial charge in [0, 0.05) is 32.4 Å². The maximum absolute atomic E-state index is 12.1. The van der Waals surface area contributed by atoms with Crippen molar-refractivity contribution in [1.29, 1.82) is 0 Å². The summed E-state index contributed by atoms with van der Waals surface area (Å²) in [5, 5.41) is 13.7. The fourth-order valence-corrected chi connectivity index (χ4v) is 2.20. The molecule has 0 aliphatic rings. The third-order valence-corrected chi connectivity index (χ3v) is 3.50. The second-order valence-electron chi connectivity index (χ2n) is 5.34. The smallest absolute Gasteiger partial charge is 0.282 e. The minimum absolute atomic E-state index is 0.0838. The van der Waals surface area contributed by atoms with Gasteiger partial charge in [0.1, 0.15) is 5.56 Å². The van der Waals surface area contributed by atoms with Crippen molar-refractivity contribution in [1.82, 2.24) is 5.32 Å². The summed E-state index contributed by atoms with van der Waals surface area (Å²) < 4.78 is 0. The Balaban J connectivity index is 1.94. The Hall–Kier alpha value is -2.89. The third kappa shape index (κ3) is 4.29. The molecule has 2 aromatic carbocycles. The summed E-state index contributed by atoms with van der Waals surface area (Å²) in [7, 11) is 3.95. The molecular formula is C17H19N3O3. The van der Waals surface area contributed by atoms with Crippen molar-refractivity contribution in [2.24, 2.45) is 0 Å². The number of hydrogen-bond donors (Lipinski definition) is 1. The lowest BCUT2D eigenvalue weighted by Gasteiger charge is -2.12. The Morgan fingerprint density at radius 2 is 1.78 bits per heavy atom. The molecule has 0 unspecified atom stereocenters. The number of anilines is 1. The van der Waals surface area contributed by atoms with Gasteiger partial charge in [-0.05, 0) is 30.2 Å². The first-order valence-corrected chi connectivity index (χ1v) is 7.27. The number of carbonyl (C=O) groups is 1. The molecule has 0 aliphatic carbocycles. The first-order chi connectivity index (χ1) is 11.0. The summed E-state index contributed by atoms with van der Waals surface area (Å²) in [6.45, 7) is 0.423. The number of para-hydroxylation sites is 1. The molecule has 0 saturated heterocycles. The molecule has 1 amide bonds. The van der Waals surface area contributed by atoms with Crippen LogP contribution in [0.2, 0.25) is 0 Å². The lowest BCUT2D eigenvalue weighted by atomic mass is 10.1. The van der Waals surface area contributed by atoms with Gasteiger partial charge >= 0.3 is 0 Å². The average Bonchev–Trinajstić information content (AvgIpc) is 2.55. The molecule has 2 aromatic rings. The number of nitrogens with zero attached hydrogens (tertiary/aromatic N) is 2. The molecule has 0 aromatic heterocycles. The summed E-state index contributed by atoms with van der Waals surface area (Å²) in [6, 6.07) is 14.0. The van der Waals surface area contributed by atoms with Gasteiger partial charge in [0.15, 0.2) is 0 Å². The fraction of sp³-hybridized carbons (Fsp3) is 0.235. The van der Waals surface area contributed by atoms with E-state index in [1.165, 1.54) is 12.1 Å². The zero-order chi connectivity index (χ0) is 16.8. The van der Waals surface area contributed by atoms with Gasteiger partial charge in [0.25, 0.3) is 11.6 Å². The van der Waals surface area contributed by atoms with E-state index in [2.05, 4.69) is 5.32 Å². The zero-order valence-electron chi connectivity index (χ0n) is 13.2. The minimum Gasteiger partial charge on any atom is -0.378 e. The molecule has 0 atom stereocenters. The van der Waals surface area contributed by atoms with E-state index in [1.54, 1.807) is 12.1 Å². The Bertz CT molecular complexity index is 696. The molecule has 0 fully saturated rings. The van der Waals surface area contributed by atoms with Gasteiger partial charge in [0.05, 0.1) is 4.92 Å². The number of nitro groups is 1. The predicted molar refractivity (Wildman–Crippen MR) is 89.9 cm³/mol. The van der Waals surface area contributed by atoms with Gasteiger partial charge in [-0.15, -0.1) is 0 Å². The third-order valence-electron chi connectivity index (χ3n) is 3.50. The molecule has 23 heavy (non-hydrogen) atoms.